The number of ether oxygens (including phenoxy) is 1. The Labute approximate surface area is 155 Å². The van der Waals surface area contributed by atoms with Crippen molar-refractivity contribution < 1.29 is 14.3 Å². The third-order valence-corrected chi connectivity index (χ3v) is 4.22. The van der Waals surface area contributed by atoms with Crippen LogP contribution in [0.15, 0.2) is 24.3 Å². The average molecular weight is 370 g/mol. The van der Waals surface area contributed by atoms with Crippen molar-refractivity contribution in [2.45, 2.75) is 32.4 Å². The van der Waals surface area contributed by atoms with Gasteiger partial charge in [-0.15, -0.1) is 12.4 Å². The van der Waals surface area contributed by atoms with E-state index in [-0.39, 0.29) is 36.7 Å². The van der Waals surface area contributed by atoms with Gasteiger partial charge in [-0.3, -0.25) is 9.59 Å². The normalized spacial score (nSPS) is 19.5. The third kappa shape index (κ3) is 6.92. The smallest absolute Gasteiger partial charge is 0.259 e. The Morgan fingerprint density at radius 2 is 2.12 bits per heavy atom. The molecule has 1 aromatic rings. The van der Waals surface area contributed by atoms with E-state index in [2.05, 4.69) is 17.6 Å². The molecule has 2 atom stereocenters. The molecule has 25 heavy (non-hydrogen) atoms. The van der Waals surface area contributed by atoms with Crippen molar-refractivity contribution in [1.82, 2.24) is 15.5 Å². The summed E-state index contributed by atoms with van der Waals surface area (Å²) in [6.45, 7) is 3.48. The molecule has 0 spiro atoms. The minimum atomic E-state index is -0.0891. The highest BCUT2D eigenvalue weighted by molar-refractivity contribution is 5.85. The SMILES string of the molecule is C[C@H]1C[C@@H](C(=O)NCc2cccc(OCC(=O)N(C)C)c2)CCN1.Cl. The molecule has 140 valence electrons. The van der Waals surface area contributed by atoms with Gasteiger partial charge in [-0.2, -0.15) is 0 Å². The zero-order valence-corrected chi connectivity index (χ0v) is 15.9. The zero-order valence-electron chi connectivity index (χ0n) is 15.1. The summed E-state index contributed by atoms with van der Waals surface area (Å²) in [5, 5.41) is 6.35. The van der Waals surface area contributed by atoms with Gasteiger partial charge in [-0.25, -0.2) is 0 Å². The minimum Gasteiger partial charge on any atom is -0.484 e. The lowest BCUT2D eigenvalue weighted by atomic mass is 9.92. The lowest BCUT2D eigenvalue weighted by Gasteiger charge is -2.27. The highest BCUT2D eigenvalue weighted by Gasteiger charge is 2.24. The summed E-state index contributed by atoms with van der Waals surface area (Å²) < 4.78 is 5.49. The second kappa shape index (κ2) is 10.3. The number of nitrogens with zero attached hydrogens (tertiary/aromatic N) is 1. The van der Waals surface area contributed by atoms with Crippen LogP contribution in [-0.4, -0.2) is 50.0 Å². The quantitative estimate of drug-likeness (QED) is 0.798. The monoisotopic (exact) mass is 369 g/mol. The van der Waals surface area contributed by atoms with Gasteiger partial charge < -0.3 is 20.3 Å². The fraction of sp³-hybridized carbons (Fsp3) is 0.556. The van der Waals surface area contributed by atoms with Crippen molar-refractivity contribution >= 4 is 24.2 Å². The minimum absolute atomic E-state index is 0. The molecule has 2 amide bonds. The highest BCUT2D eigenvalue weighted by Crippen LogP contribution is 2.17. The number of carbonyl (C=O) groups excluding carboxylic acids is 2. The van der Waals surface area contributed by atoms with Gasteiger partial charge in [0.25, 0.3) is 5.91 Å². The molecule has 0 bridgehead atoms. The third-order valence-electron chi connectivity index (χ3n) is 4.22. The average Bonchev–Trinajstić information content (AvgIpc) is 2.57. The second-order valence-electron chi connectivity index (χ2n) is 6.52. The summed E-state index contributed by atoms with van der Waals surface area (Å²) in [4.78, 5) is 25.3. The lowest BCUT2D eigenvalue weighted by Crippen LogP contribution is -2.42. The van der Waals surface area contributed by atoms with Crippen LogP contribution in [0.2, 0.25) is 0 Å². The molecule has 7 heteroatoms. The molecule has 2 N–H and O–H groups in total. The molecule has 0 radical (unpaired) electrons. The summed E-state index contributed by atoms with van der Waals surface area (Å²) in [5.74, 6) is 0.733. The summed E-state index contributed by atoms with van der Waals surface area (Å²) in [5.41, 5.74) is 0.958. The fourth-order valence-electron chi connectivity index (χ4n) is 2.72. The summed E-state index contributed by atoms with van der Waals surface area (Å²) in [6, 6.07) is 7.85. The van der Waals surface area contributed by atoms with E-state index in [1.807, 2.05) is 24.3 Å². The summed E-state index contributed by atoms with van der Waals surface area (Å²) >= 11 is 0. The zero-order chi connectivity index (χ0) is 17.5. The molecule has 1 heterocycles. The molecule has 0 aliphatic carbocycles. The van der Waals surface area contributed by atoms with E-state index in [1.54, 1.807) is 14.1 Å². The van der Waals surface area contributed by atoms with Gasteiger partial charge in [-0.1, -0.05) is 12.1 Å². The van der Waals surface area contributed by atoms with Crippen molar-refractivity contribution in [1.29, 1.82) is 0 Å². The number of amides is 2. The fourth-order valence-corrected chi connectivity index (χ4v) is 2.72. The van der Waals surface area contributed by atoms with Crippen LogP contribution in [0.3, 0.4) is 0 Å². The standard InChI is InChI=1S/C18H27N3O3.ClH/c1-13-9-15(7-8-19-13)18(23)20-11-14-5-4-6-16(10-14)24-12-17(22)21(2)3;/h4-6,10,13,15,19H,7-9,11-12H2,1-3H3,(H,20,23);1H/t13-,15-;/m0./s1. The van der Waals surface area contributed by atoms with Crippen LogP contribution in [0.25, 0.3) is 0 Å². The van der Waals surface area contributed by atoms with Crippen LogP contribution in [0.4, 0.5) is 0 Å². The van der Waals surface area contributed by atoms with Gasteiger partial charge in [0.15, 0.2) is 6.61 Å². The molecular weight excluding hydrogens is 342 g/mol. The first-order chi connectivity index (χ1) is 11.5. The topological polar surface area (TPSA) is 70.7 Å². The van der Waals surface area contributed by atoms with Gasteiger partial charge in [0.2, 0.25) is 5.91 Å². The van der Waals surface area contributed by atoms with E-state index in [1.165, 1.54) is 4.90 Å². The van der Waals surface area contributed by atoms with E-state index in [9.17, 15) is 9.59 Å². The molecule has 1 aliphatic heterocycles. The van der Waals surface area contributed by atoms with Crippen molar-refractivity contribution in [2.24, 2.45) is 5.92 Å². The number of halogens is 1. The van der Waals surface area contributed by atoms with E-state index in [0.29, 0.717) is 18.3 Å². The highest BCUT2D eigenvalue weighted by atomic mass is 35.5. The van der Waals surface area contributed by atoms with Crippen molar-refractivity contribution in [3.8, 4) is 5.75 Å². The Kier molecular flexibility index (Phi) is 8.72. The molecule has 0 aromatic heterocycles. The molecular formula is C18H28ClN3O3. The van der Waals surface area contributed by atoms with Gasteiger partial charge >= 0.3 is 0 Å². The molecule has 0 saturated carbocycles. The van der Waals surface area contributed by atoms with Gasteiger partial charge in [0.1, 0.15) is 5.75 Å². The van der Waals surface area contributed by atoms with Crippen molar-refractivity contribution in [3.63, 3.8) is 0 Å². The Morgan fingerprint density at radius 1 is 1.36 bits per heavy atom. The lowest BCUT2D eigenvalue weighted by molar-refractivity contribution is -0.130. The van der Waals surface area contributed by atoms with E-state index >= 15 is 0 Å². The molecule has 0 unspecified atom stereocenters. The Balaban J connectivity index is 0.00000312. The van der Waals surface area contributed by atoms with Crippen LogP contribution in [0, 0.1) is 5.92 Å². The molecule has 1 fully saturated rings. The number of likely N-dealkylation sites (N-methyl/N-ethyl adjacent to an activating group) is 1. The maximum Gasteiger partial charge on any atom is 0.259 e. The van der Waals surface area contributed by atoms with E-state index in [4.69, 9.17) is 4.74 Å². The van der Waals surface area contributed by atoms with Gasteiger partial charge in [0.05, 0.1) is 0 Å². The van der Waals surface area contributed by atoms with Crippen LogP contribution in [0.5, 0.6) is 5.75 Å². The Bertz CT molecular complexity index is 580. The molecule has 2 rings (SSSR count). The Morgan fingerprint density at radius 3 is 2.80 bits per heavy atom. The number of benzene rings is 1. The van der Waals surface area contributed by atoms with Crippen LogP contribution in [0.1, 0.15) is 25.3 Å². The van der Waals surface area contributed by atoms with Gasteiger partial charge in [0, 0.05) is 32.6 Å². The Hall–Kier alpha value is -1.79. The maximum absolute atomic E-state index is 12.3. The summed E-state index contributed by atoms with van der Waals surface area (Å²) in [6.07, 6.45) is 1.76. The van der Waals surface area contributed by atoms with E-state index < -0.39 is 0 Å². The van der Waals surface area contributed by atoms with Crippen LogP contribution in [-0.2, 0) is 16.1 Å². The first-order valence-corrected chi connectivity index (χ1v) is 8.38. The van der Waals surface area contributed by atoms with Gasteiger partial charge in [-0.05, 0) is 44.0 Å². The largest absolute Gasteiger partial charge is 0.484 e. The molecule has 1 aliphatic rings. The first-order valence-electron chi connectivity index (χ1n) is 8.38. The number of hydrogen-bond acceptors (Lipinski definition) is 4. The van der Waals surface area contributed by atoms with Crippen LogP contribution >= 0.6 is 12.4 Å². The molecule has 1 aromatic carbocycles. The van der Waals surface area contributed by atoms with Crippen LogP contribution < -0.4 is 15.4 Å². The number of nitrogens with one attached hydrogen (secondary N) is 2. The second-order valence-corrected chi connectivity index (χ2v) is 6.52. The molecule has 1 saturated heterocycles. The number of rotatable bonds is 6. The predicted molar refractivity (Wildman–Crippen MR) is 99.9 cm³/mol. The first kappa shape index (κ1) is 21.3. The number of carbonyl (C=O) groups is 2. The van der Waals surface area contributed by atoms with Crippen molar-refractivity contribution in [3.05, 3.63) is 29.8 Å². The van der Waals surface area contributed by atoms with E-state index in [0.717, 1.165) is 24.9 Å². The summed E-state index contributed by atoms with van der Waals surface area (Å²) in [7, 11) is 3.39. The molecule has 6 nitrogen and oxygen atoms in total. The number of hydrogen-bond donors (Lipinski definition) is 2. The predicted octanol–water partition coefficient (Wildman–Crippen LogP) is 1.58. The van der Waals surface area contributed by atoms with Crippen molar-refractivity contribution in [2.75, 3.05) is 27.2 Å². The number of piperidine rings is 1. The maximum atomic E-state index is 12.3.